The van der Waals surface area contributed by atoms with Gasteiger partial charge in [0.25, 0.3) is 0 Å². The lowest BCUT2D eigenvalue weighted by Gasteiger charge is -2.19. The van der Waals surface area contributed by atoms with Gasteiger partial charge in [0.2, 0.25) is 15.9 Å². The lowest BCUT2D eigenvalue weighted by Crippen LogP contribution is -2.45. The number of hydrogen-bond donors (Lipinski definition) is 2. The Hall–Kier alpha value is -1.90. The van der Waals surface area contributed by atoms with Crippen LogP contribution < -0.4 is 5.32 Å². The van der Waals surface area contributed by atoms with Crippen molar-refractivity contribution >= 4 is 33.5 Å². The first kappa shape index (κ1) is 20.1. The summed E-state index contributed by atoms with van der Waals surface area (Å²) in [5, 5.41) is 11.7. The van der Waals surface area contributed by atoms with Crippen molar-refractivity contribution in [2.45, 2.75) is 23.8 Å². The molecule has 0 heterocycles. The number of nitrogens with one attached hydrogen (secondary N) is 1. The minimum atomic E-state index is -3.87. The second-order valence-electron chi connectivity index (χ2n) is 5.04. The van der Waals surface area contributed by atoms with E-state index in [1.165, 1.54) is 31.3 Å². The monoisotopic (exact) mass is 374 g/mol. The van der Waals surface area contributed by atoms with Crippen LogP contribution in [-0.4, -0.2) is 49.3 Å². The van der Waals surface area contributed by atoms with Gasteiger partial charge in [-0.25, -0.2) is 13.2 Å². The zero-order valence-electron chi connectivity index (χ0n) is 13.1. The summed E-state index contributed by atoms with van der Waals surface area (Å²) in [6.07, 6.45) is 2.13. The molecule has 9 heteroatoms. The lowest BCUT2D eigenvalue weighted by atomic mass is 10.1. The predicted octanol–water partition coefficient (Wildman–Crippen LogP) is 1.50. The van der Waals surface area contributed by atoms with Crippen molar-refractivity contribution in [3.63, 3.8) is 0 Å². The Morgan fingerprint density at radius 1 is 1.38 bits per heavy atom. The molecule has 1 unspecified atom stereocenters. The quantitative estimate of drug-likeness (QED) is 0.637. The van der Waals surface area contributed by atoms with Gasteiger partial charge in [-0.2, -0.15) is 4.31 Å². The van der Waals surface area contributed by atoms with Crippen molar-refractivity contribution in [2.24, 2.45) is 0 Å². The van der Waals surface area contributed by atoms with E-state index >= 15 is 0 Å². The highest BCUT2D eigenvalue weighted by Gasteiger charge is 2.25. The van der Waals surface area contributed by atoms with Crippen molar-refractivity contribution < 1.29 is 23.1 Å². The number of carboxylic acids is 1. The number of nitrogens with zero attached hydrogens (tertiary/aromatic N) is 1. The summed E-state index contributed by atoms with van der Waals surface area (Å²) in [5.74, 6) is -1.89. The van der Waals surface area contributed by atoms with Gasteiger partial charge in [-0.3, -0.25) is 4.79 Å². The van der Waals surface area contributed by atoms with Crippen molar-refractivity contribution in [2.75, 3.05) is 13.6 Å². The fourth-order valence-corrected chi connectivity index (χ4v) is 3.11. The van der Waals surface area contributed by atoms with E-state index in [2.05, 4.69) is 11.9 Å². The first-order valence-electron chi connectivity index (χ1n) is 7.03. The second kappa shape index (κ2) is 8.81. The Balaban J connectivity index is 2.76. The van der Waals surface area contributed by atoms with Crippen LogP contribution in [0.25, 0.3) is 0 Å². The number of sulfonamides is 1. The van der Waals surface area contributed by atoms with E-state index in [1.807, 2.05) is 0 Å². The van der Waals surface area contributed by atoms with Gasteiger partial charge in [0, 0.05) is 12.1 Å². The van der Waals surface area contributed by atoms with E-state index < -0.39 is 34.5 Å². The van der Waals surface area contributed by atoms with E-state index in [0.717, 1.165) is 4.31 Å². The van der Waals surface area contributed by atoms with Crippen LogP contribution in [0, 0.1) is 0 Å². The number of carboxylic acid groups (broad SMARTS) is 1. The van der Waals surface area contributed by atoms with Crippen LogP contribution >= 0.6 is 11.6 Å². The Labute approximate surface area is 146 Å². The highest BCUT2D eigenvalue weighted by atomic mass is 35.5. The number of likely N-dealkylation sites (N-methyl/N-ethyl adjacent to an activating group) is 1. The SMILES string of the molecule is C=CCCC(NC(=O)CN(C)S(=O)(=O)c1ccc(Cl)cc1)C(=O)O. The molecular weight excluding hydrogens is 356 g/mol. The van der Waals surface area contributed by atoms with Crippen LogP contribution in [-0.2, 0) is 19.6 Å². The number of hydrogen-bond acceptors (Lipinski definition) is 4. The van der Waals surface area contributed by atoms with E-state index in [4.69, 9.17) is 16.7 Å². The van der Waals surface area contributed by atoms with Gasteiger partial charge in [-0.15, -0.1) is 6.58 Å². The minimum Gasteiger partial charge on any atom is -0.480 e. The number of allylic oxidation sites excluding steroid dienone is 1. The Bertz CT molecular complexity index is 703. The van der Waals surface area contributed by atoms with Crippen LogP contribution in [0.4, 0.5) is 0 Å². The second-order valence-corrected chi connectivity index (χ2v) is 7.52. The van der Waals surface area contributed by atoms with Gasteiger partial charge in [-0.1, -0.05) is 17.7 Å². The van der Waals surface area contributed by atoms with Gasteiger partial charge >= 0.3 is 5.97 Å². The molecule has 2 N–H and O–H groups in total. The summed E-state index contributed by atoms with van der Waals surface area (Å²) in [6, 6.07) is 4.42. The summed E-state index contributed by atoms with van der Waals surface area (Å²) in [6.45, 7) is 2.99. The average Bonchev–Trinajstić information content (AvgIpc) is 2.51. The summed E-state index contributed by atoms with van der Waals surface area (Å²) in [4.78, 5) is 23.0. The van der Waals surface area contributed by atoms with Gasteiger partial charge in [-0.05, 0) is 37.1 Å². The molecule has 0 aliphatic heterocycles. The summed E-state index contributed by atoms with van der Waals surface area (Å²) >= 11 is 5.72. The number of carbonyl (C=O) groups excluding carboxylic acids is 1. The maximum atomic E-state index is 12.3. The highest BCUT2D eigenvalue weighted by Crippen LogP contribution is 2.17. The lowest BCUT2D eigenvalue weighted by molar-refractivity contribution is -0.142. The van der Waals surface area contributed by atoms with Crippen LogP contribution in [0.1, 0.15) is 12.8 Å². The van der Waals surface area contributed by atoms with Crippen LogP contribution in [0.5, 0.6) is 0 Å². The molecule has 0 aliphatic rings. The summed E-state index contributed by atoms with van der Waals surface area (Å²) in [5.41, 5.74) is 0. The molecule has 1 amide bonds. The molecule has 1 rings (SSSR count). The van der Waals surface area contributed by atoms with E-state index in [0.29, 0.717) is 11.4 Å². The molecule has 0 radical (unpaired) electrons. The number of carbonyl (C=O) groups is 2. The van der Waals surface area contributed by atoms with E-state index in [-0.39, 0.29) is 11.3 Å². The van der Waals surface area contributed by atoms with Crippen molar-refractivity contribution in [1.82, 2.24) is 9.62 Å². The van der Waals surface area contributed by atoms with Crippen molar-refractivity contribution in [1.29, 1.82) is 0 Å². The van der Waals surface area contributed by atoms with Gasteiger partial charge in [0.15, 0.2) is 0 Å². The van der Waals surface area contributed by atoms with Crippen LogP contribution in [0.3, 0.4) is 0 Å². The molecule has 0 bridgehead atoms. The molecule has 0 saturated heterocycles. The fraction of sp³-hybridized carbons (Fsp3) is 0.333. The van der Waals surface area contributed by atoms with Crippen molar-refractivity contribution in [3.05, 3.63) is 41.9 Å². The topological polar surface area (TPSA) is 104 Å². The number of halogens is 1. The van der Waals surface area contributed by atoms with Gasteiger partial charge < -0.3 is 10.4 Å². The molecule has 0 aliphatic carbocycles. The molecule has 1 atom stereocenters. The number of amides is 1. The fourth-order valence-electron chi connectivity index (χ4n) is 1.86. The van der Waals surface area contributed by atoms with Crippen molar-refractivity contribution in [3.8, 4) is 0 Å². The largest absolute Gasteiger partial charge is 0.480 e. The molecule has 0 fully saturated rings. The maximum Gasteiger partial charge on any atom is 0.326 e. The van der Waals surface area contributed by atoms with E-state index in [9.17, 15) is 18.0 Å². The number of benzene rings is 1. The molecular formula is C15H19ClN2O5S. The molecule has 0 aromatic heterocycles. The standard InChI is InChI=1S/C15H19ClN2O5S/c1-3-4-5-13(15(20)21)17-14(19)10-18(2)24(22,23)12-8-6-11(16)7-9-12/h3,6-9,13H,1,4-5,10H2,2H3,(H,17,19)(H,20,21). The zero-order valence-corrected chi connectivity index (χ0v) is 14.7. The highest BCUT2D eigenvalue weighted by molar-refractivity contribution is 7.89. The molecule has 0 spiro atoms. The number of rotatable bonds is 9. The Kier molecular flexibility index (Phi) is 7.40. The summed E-state index contributed by atoms with van der Waals surface area (Å²) in [7, 11) is -2.63. The van der Waals surface area contributed by atoms with Gasteiger partial charge in [0.1, 0.15) is 6.04 Å². The minimum absolute atomic E-state index is 0.0105. The zero-order chi connectivity index (χ0) is 18.3. The first-order valence-corrected chi connectivity index (χ1v) is 8.85. The molecule has 0 saturated carbocycles. The normalized spacial score (nSPS) is 12.6. The first-order chi connectivity index (χ1) is 11.2. The van der Waals surface area contributed by atoms with Crippen LogP contribution in [0.2, 0.25) is 5.02 Å². The molecule has 1 aromatic rings. The molecule has 1 aromatic carbocycles. The summed E-state index contributed by atoms with van der Waals surface area (Å²) < 4.78 is 25.5. The Morgan fingerprint density at radius 2 is 1.96 bits per heavy atom. The number of aliphatic carboxylic acids is 1. The third-order valence-corrected chi connectivity index (χ3v) is 5.25. The van der Waals surface area contributed by atoms with Crippen LogP contribution in [0.15, 0.2) is 41.8 Å². The smallest absolute Gasteiger partial charge is 0.326 e. The molecule has 7 nitrogen and oxygen atoms in total. The molecule has 24 heavy (non-hydrogen) atoms. The van der Waals surface area contributed by atoms with E-state index in [1.54, 1.807) is 6.08 Å². The maximum absolute atomic E-state index is 12.3. The van der Waals surface area contributed by atoms with Gasteiger partial charge in [0.05, 0.1) is 11.4 Å². The third kappa shape index (κ3) is 5.63. The molecule has 132 valence electrons. The predicted molar refractivity (Wildman–Crippen MR) is 90.3 cm³/mol. The average molecular weight is 375 g/mol. The Morgan fingerprint density at radius 3 is 2.46 bits per heavy atom. The third-order valence-electron chi connectivity index (χ3n) is 3.18.